The summed E-state index contributed by atoms with van der Waals surface area (Å²) in [7, 11) is -2.22. The van der Waals surface area contributed by atoms with E-state index >= 15 is 0 Å². The zero-order valence-electron chi connectivity index (χ0n) is 30.4. The second kappa shape index (κ2) is 15.0. The number of likely N-dealkylation sites (tertiary alicyclic amines) is 1. The standard InChI is InChI=1S/C43H49NO6Si/c1-43(2,3)51(4,5)50-39(27-31-16-10-9-15-30(31)18-17-29-13-7-6-8-14-29)32-19-21-37-34(25-32)35-26-33(20-22-38(35)49-37)41(46)36(42(47)48)28-40(45)44-23-11-12-24-44/h6-10,13-16,19-22,25-26,36,39H,11-12,17-18,23-24,27-28H2,1-5H3,(H,47,48). The fourth-order valence-corrected chi connectivity index (χ4v) is 8.08. The summed E-state index contributed by atoms with van der Waals surface area (Å²) in [5, 5.41) is 11.6. The second-order valence-corrected chi connectivity index (χ2v) is 20.2. The Balaban J connectivity index is 1.34. The number of aryl methyl sites for hydroxylation is 2. The lowest BCUT2D eigenvalue weighted by Gasteiger charge is -2.39. The summed E-state index contributed by atoms with van der Waals surface area (Å²) < 4.78 is 13.4. The number of hydrogen-bond donors (Lipinski definition) is 1. The highest BCUT2D eigenvalue weighted by Crippen LogP contribution is 2.42. The van der Waals surface area contributed by atoms with Gasteiger partial charge in [0.25, 0.3) is 0 Å². The first-order valence-corrected chi connectivity index (χ1v) is 21.0. The molecule has 1 aliphatic rings. The molecular weight excluding hydrogens is 655 g/mol. The third-order valence-corrected chi connectivity index (χ3v) is 15.4. The van der Waals surface area contributed by atoms with Crippen LogP contribution in [0.3, 0.4) is 0 Å². The van der Waals surface area contributed by atoms with Crippen LogP contribution in [0.4, 0.5) is 0 Å². The summed E-state index contributed by atoms with van der Waals surface area (Å²) in [5.74, 6) is -3.61. The number of ketones is 1. The molecule has 8 heteroatoms. The van der Waals surface area contributed by atoms with Crippen molar-refractivity contribution >= 4 is 47.9 Å². The molecule has 1 aromatic heterocycles. The molecule has 1 N–H and O–H groups in total. The van der Waals surface area contributed by atoms with Crippen LogP contribution in [0.15, 0.2) is 95.4 Å². The molecule has 2 heterocycles. The molecule has 2 atom stereocenters. The van der Waals surface area contributed by atoms with Crippen LogP contribution < -0.4 is 0 Å². The van der Waals surface area contributed by atoms with E-state index in [0.29, 0.717) is 30.7 Å². The summed E-state index contributed by atoms with van der Waals surface area (Å²) in [5.41, 5.74) is 6.41. The maximum Gasteiger partial charge on any atom is 0.314 e. The molecule has 1 saturated heterocycles. The van der Waals surface area contributed by atoms with Gasteiger partial charge in [-0.15, -0.1) is 0 Å². The minimum absolute atomic E-state index is 0.00335. The summed E-state index contributed by atoms with van der Waals surface area (Å²) in [6, 6.07) is 30.4. The Morgan fingerprint density at radius 1 is 0.824 bits per heavy atom. The maximum atomic E-state index is 13.6. The molecule has 0 bridgehead atoms. The van der Waals surface area contributed by atoms with E-state index in [2.05, 4.69) is 94.5 Å². The molecular formula is C43H49NO6Si. The van der Waals surface area contributed by atoms with Crippen molar-refractivity contribution in [1.29, 1.82) is 0 Å². The fraction of sp³-hybridized carbons (Fsp3) is 0.372. The smallest absolute Gasteiger partial charge is 0.314 e. The van der Waals surface area contributed by atoms with E-state index in [4.69, 9.17) is 8.84 Å². The quantitative estimate of drug-likeness (QED) is 0.0746. The predicted molar refractivity (Wildman–Crippen MR) is 205 cm³/mol. The minimum Gasteiger partial charge on any atom is -0.481 e. The highest BCUT2D eigenvalue weighted by Gasteiger charge is 2.40. The largest absolute Gasteiger partial charge is 0.481 e. The number of hydrogen-bond acceptors (Lipinski definition) is 5. The van der Waals surface area contributed by atoms with Gasteiger partial charge in [0, 0.05) is 42.3 Å². The summed E-state index contributed by atoms with van der Waals surface area (Å²) in [4.78, 5) is 40.4. The molecule has 0 aliphatic carbocycles. The third-order valence-electron chi connectivity index (χ3n) is 10.9. The van der Waals surface area contributed by atoms with Crippen LogP contribution in [0.2, 0.25) is 18.1 Å². The van der Waals surface area contributed by atoms with Gasteiger partial charge >= 0.3 is 5.97 Å². The van der Waals surface area contributed by atoms with Crippen LogP contribution in [-0.4, -0.2) is 49.1 Å². The number of aliphatic carboxylic acids is 1. The topological polar surface area (TPSA) is 97.0 Å². The molecule has 2 unspecified atom stereocenters. The van der Waals surface area contributed by atoms with Gasteiger partial charge in [0.15, 0.2) is 14.1 Å². The van der Waals surface area contributed by atoms with Crippen molar-refractivity contribution in [3.05, 3.63) is 119 Å². The normalized spacial score (nSPS) is 15.0. The van der Waals surface area contributed by atoms with E-state index in [1.54, 1.807) is 23.1 Å². The van der Waals surface area contributed by atoms with Crippen LogP contribution in [0.1, 0.15) is 78.7 Å². The van der Waals surface area contributed by atoms with Crippen LogP contribution >= 0.6 is 0 Å². The molecule has 1 amide bonds. The Morgan fingerprint density at radius 3 is 2.12 bits per heavy atom. The van der Waals surface area contributed by atoms with Crippen molar-refractivity contribution < 1.29 is 28.3 Å². The highest BCUT2D eigenvalue weighted by atomic mass is 28.4. The summed E-state index contributed by atoms with van der Waals surface area (Å²) >= 11 is 0. The first-order valence-electron chi connectivity index (χ1n) is 18.1. The van der Waals surface area contributed by atoms with Gasteiger partial charge in [0.05, 0.1) is 6.10 Å². The number of carbonyl (C=O) groups is 3. The van der Waals surface area contributed by atoms with E-state index in [-0.39, 0.29) is 29.0 Å². The van der Waals surface area contributed by atoms with Gasteiger partial charge in [-0.3, -0.25) is 14.4 Å². The van der Waals surface area contributed by atoms with Crippen molar-refractivity contribution in [2.45, 2.75) is 83.5 Å². The Bertz CT molecular complexity index is 2040. The monoisotopic (exact) mass is 703 g/mol. The first-order chi connectivity index (χ1) is 24.3. The highest BCUT2D eigenvalue weighted by molar-refractivity contribution is 6.74. The average Bonchev–Trinajstić information content (AvgIpc) is 3.77. The lowest BCUT2D eigenvalue weighted by Crippen LogP contribution is -2.42. The molecule has 1 fully saturated rings. The van der Waals surface area contributed by atoms with E-state index in [1.165, 1.54) is 16.7 Å². The third kappa shape index (κ3) is 8.18. The Hall–Kier alpha value is -4.53. The van der Waals surface area contributed by atoms with Crippen molar-refractivity contribution in [1.82, 2.24) is 4.90 Å². The number of nitrogens with zero attached hydrogens (tertiary/aromatic N) is 1. The second-order valence-electron chi connectivity index (χ2n) is 15.4. The number of carboxylic acids is 1. The van der Waals surface area contributed by atoms with Crippen LogP contribution in [0.5, 0.6) is 0 Å². The predicted octanol–water partition coefficient (Wildman–Crippen LogP) is 9.57. The van der Waals surface area contributed by atoms with Gasteiger partial charge in [-0.2, -0.15) is 0 Å². The zero-order chi connectivity index (χ0) is 36.3. The number of amides is 1. The number of Topliss-reactive ketones (excluding diaryl/α,β-unsaturated/α-hetero) is 1. The molecule has 51 heavy (non-hydrogen) atoms. The lowest BCUT2D eigenvalue weighted by molar-refractivity contribution is -0.143. The van der Waals surface area contributed by atoms with E-state index in [1.807, 2.05) is 12.1 Å². The first kappa shape index (κ1) is 36.3. The van der Waals surface area contributed by atoms with Gasteiger partial charge in [-0.05, 0) is 96.4 Å². The van der Waals surface area contributed by atoms with Gasteiger partial charge in [0.1, 0.15) is 17.1 Å². The molecule has 266 valence electrons. The van der Waals surface area contributed by atoms with Crippen LogP contribution in [0.25, 0.3) is 21.9 Å². The number of carbonyl (C=O) groups excluding carboxylic acids is 2. The van der Waals surface area contributed by atoms with Crippen LogP contribution in [-0.2, 0) is 33.3 Å². The molecule has 0 radical (unpaired) electrons. The average molecular weight is 704 g/mol. The maximum absolute atomic E-state index is 13.6. The molecule has 0 spiro atoms. The molecule has 6 rings (SSSR count). The number of rotatable bonds is 13. The summed E-state index contributed by atoms with van der Waals surface area (Å²) in [6.45, 7) is 12.5. The molecule has 0 saturated carbocycles. The lowest BCUT2D eigenvalue weighted by atomic mass is 9.92. The van der Waals surface area contributed by atoms with Crippen LogP contribution in [0, 0.1) is 5.92 Å². The van der Waals surface area contributed by atoms with Gasteiger partial charge < -0.3 is 18.8 Å². The van der Waals surface area contributed by atoms with Crippen molar-refractivity contribution in [2.24, 2.45) is 5.92 Å². The Morgan fingerprint density at radius 2 is 1.45 bits per heavy atom. The van der Waals surface area contributed by atoms with Gasteiger partial charge in [-0.25, -0.2) is 0 Å². The SMILES string of the molecule is CC(C)(C)[Si](C)(C)OC(Cc1ccccc1CCc1ccccc1)c1ccc2oc3ccc(C(=O)C(CC(=O)N4CCCC4)C(=O)O)cc3c2c1. The van der Waals surface area contributed by atoms with E-state index in [9.17, 15) is 19.5 Å². The van der Waals surface area contributed by atoms with Gasteiger partial charge in [-0.1, -0.05) is 81.4 Å². The minimum atomic E-state index is -2.22. The Labute approximate surface area is 301 Å². The number of benzene rings is 4. The van der Waals surface area contributed by atoms with Crippen molar-refractivity contribution in [2.75, 3.05) is 13.1 Å². The van der Waals surface area contributed by atoms with Gasteiger partial charge in [0.2, 0.25) is 5.91 Å². The Kier molecular flexibility index (Phi) is 10.7. The fourth-order valence-electron chi connectivity index (χ4n) is 6.80. The summed E-state index contributed by atoms with van der Waals surface area (Å²) in [6.07, 6.45) is 3.80. The van der Waals surface area contributed by atoms with E-state index in [0.717, 1.165) is 42.0 Å². The molecule has 7 nitrogen and oxygen atoms in total. The molecule has 1 aliphatic heterocycles. The number of carboxylic acid groups (broad SMARTS) is 1. The number of fused-ring (bicyclic) bond motifs is 3. The molecule has 5 aromatic rings. The molecule has 4 aromatic carbocycles. The van der Waals surface area contributed by atoms with Crippen molar-refractivity contribution in [3.63, 3.8) is 0 Å². The van der Waals surface area contributed by atoms with E-state index < -0.39 is 26.0 Å². The number of furan rings is 1. The van der Waals surface area contributed by atoms with Crippen molar-refractivity contribution in [3.8, 4) is 0 Å². The zero-order valence-corrected chi connectivity index (χ0v) is 31.4.